The minimum atomic E-state index is -0.172. The average molecular weight is 399 g/mol. The fourth-order valence-corrected chi connectivity index (χ4v) is 3.17. The van der Waals surface area contributed by atoms with Gasteiger partial charge in [-0.05, 0) is 66.6 Å². The van der Waals surface area contributed by atoms with Crippen molar-refractivity contribution in [3.8, 4) is 17.2 Å². The molecular weight excluding hydrogens is 378 g/mol. The van der Waals surface area contributed by atoms with Gasteiger partial charge in [0.25, 0.3) is 5.91 Å². The number of carbonyl (C=O) groups excluding carboxylic acids is 1. The number of carbonyl (C=O) groups is 1. The molecule has 0 aliphatic rings. The highest BCUT2D eigenvalue weighted by molar-refractivity contribution is 5.94. The molecule has 30 heavy (non-hydrogen) atoms. The van der Waals surface area contributed by atoms with E-state index in [1.165, 1.54) is 0 Å². The summed E-state index contributed by atoms with van der Waals surface area (Å²) in [5.74, 6) is 1.81. The predicted molar refractivity (Wildman–Crippen MR) is 115 cm³/mol. The molecule has 6 heteroatoms. The van der Waals surface area contributed by atoms with Crippen molar-refractivity contribution in [2.24, 2.45) is 0 Å². The second kappa shape index (κ2) is 8.61. The van der Waals surface area contributed by atoms with E-state index in [4.69, 9.17) is 9.47 Å². The van der Waals surface area contributed by atoms with Gasteiger partial charge in [0.2, 0.25) is 0 Å². The van der Waals surface area contributed by atoms with Crippen molar-refractivity contribution < 1.29 is 14.3 Å². The summed E-state index contributed by atoms with van der Waals surface area (Å²) in [6.45, 7) is 2.40. The van der Waals surface area contributed by atoms with Crippen LogP contribution in [0.3, 0.4) is 0 Å². The van der Waals surface area contributed by atoms with Crippen LogP contribution in [0.15, 0.2) is 73.2 Å². The van der Waals surface area contributed by atoms with Crippen molar-refractivity contribution >= 4 is 16.8 Å². The van der Waals surface area contributed by atoms with E-state index in [1.54, 1.807) is 50.0 Å². The first kappa shape index (κ1) is 19.4. The molecule has 1 N–H and O–H groups in total. The first-order valence-electron chi connectivity index (χ1n) is 9.52. The van der Waals surface area contributed by atoms with Gasteiger partial charge >= 0.3 is 0 Å². The molecular formula is C24H21N3O3. The van der Waals surface area contributed by atoms with Crippen LogP contribution in [0, 0.1) is 6.92 Å². The van der Waals surface area contributed by atoms with Crippen LogP contribution >= 0.6 is 0 Å². The molecule has 4 aromatic rings. The summed E-state index contributed by atoms with van der Waals surface area (Å²) in [6.07, 6.45) is 5.10. The highest BCUT2D eigenvalue weighted by atomic mass is 16.5. The normalized spacial score (nSPS) is 10.6. The van der Waals surface area contributed by atoms with Gasteiger partial charge in [-0.1, -0.05) is 6.07 Å². The fraction of sp³-hybridized carbons (Fsp3) is 0.125. The molecule has 0 aliphatic carbocycles. The number of hydrogen-bond acceptors (Lipinski definition) is 5. The second-order valence-corrected chi connectivity index (χ2v) is 6.82. The molecule has 2 aromatic heterocycles. The molecule has 0 saturated carbocycles. The Kier molecular flexibility index (Phi) is 5.57. The summed E-state index contributed by atoms with van der Waals surface area (Å²) < 4.78 is 11.5. The van der Waals surface area contributed by atoms with Crippen LogP contribution in [-0.2, 0) is 6.54 Å². The largest absolute Gasteiger partial charge is 0.496 e. The van der Waals surface area contributed by atoms with Crippen LogP contribution in [0.2, 0.25) is 0 Å². The van der Waals surface area contributed by atoms with Crippen LogP contribution in [-0.4, -0.2) is 23.0 Å². The number of rotatable bonds is 6. The summed E-state index contributed by atoms with van der Waals surface area (Å²) in [4.78, 5) is 20.9. The predicted octanol–water partition coefficient (Wildman–Crippen LogP) is 4.67. The lowest BCUT2D eigenvalue weighted by Crippen LogP contribution is -2.22. The van der Waals surface area contributed by atoms with Gasteiger partial charge in [0, 0.05) is 36.1 Å². The Balaban J connectivity index is 1.55. The van der Waals surface area contributed by atoms with Gasteiger partial charge in [-0.3, -0.25) is 14.8 Å². The summed E-state index contributed by atoms with van der Waals surface area (Å²) in [5, 5.41) is 3.75. The number of amides is 1. The molecule has 0 unspecified atom stereocenters. The number of ether oxygens (including phenoxy) is 2. The zero-order chi connectivity index (χ0) is 20.9. The molecule has 0 aliphatic heterocycles. The van der Waals surface area contributed by atoms with Gasteiger partial charge < -0.3 is 14.8 Å². The topological polar surface area (TPSA) is 73.3 Å². The van der Waals surface area contributed by atoms with E-state index in [0.29, 0.717) is 23.6 Å². The maximum atomic E-state index is 12.5. The van der Waals surface area contributed by atoms with Crippen LogP contribution in [0.5, 0.6) is 17.2 Å². The van der Waals surface area contributed by atoms with Crippen LogP contribution in [0.25, 0.3) is 10.9 Å². The third-order valence-electron chi connectivity index (χ3n) is 4.74. The maximum absolute atomic E-state index is 12.5. The van der Waals surface area contributed by atoms with Crippen molar-refractivity contribution in [3.05, 3.63) is 89.9 Å². The summed E-state index contributed by atoms with van der Waals surface area (Å²) in [7, 11) is 1.64. The number of fused-ring (bicyclic) bond motifs is 1. The van der Waals surface area contributed by atoms with Gasteiger partial charge in [-0.2, -0.15) is 0 Å². The third kappa shape index (κ3) is 4.22. The SMILES string of the molecule is COc1cc2c(Oc3cccc(C(=O)NCc4ccncc4)c3)ccnc2cc1C. The molecule has 0 spiro atoms. The molecule has 150 valence electrons. The Hall–Kier alpha value is -3.93. The smallest absolute Gasteiger partial charge is 0.251 e. The zero-order valence-electron chi connectivity index (χ0n) is 16.8. The zero-order valence-corrected chi connectivity index (χ0v) is 16.8. The third-order valence-corrected chi connectivity index (χ3v) is 4.74. The van der Waals surface area contributed by atoms with Crippen LogP contribution in [0.1, 0.15) is 21.5 Å². The van der Waals surface area contributed by atoms with Gasteiger partial charge in [0.1, 0.15) is 17.2 Å². The van der Waals surface area contributed by atoms with Gasteiger partial charge in [-0.25, -0.2) is 0 Å². The number of aromatic nitrogens is 2. The van der Waals surface area contributed by atoms with Crippen molar-refractivity contribution in [2.75, 3.05) is 7.11 Å². The van der Waals surface area contributed by atoms with Crippen molar-refractivity contribution in [1.29, 1.82) is 0 Å². The molecule has 2 aromatic carbocycles. The highest BCUT2D eigenvalue weighted by Crippen LogP contribution is 2.33. The van der Waals surface area contributed by atoms with E-state index in [0.717, 1.165) is 27.8 Å². The summed E-state index contributed by atoms with van der Waals surface area (Å²) >= 11 is 0. The van der Waals surface area contributed by atoms with Crippen molar-refractivity contribution in [2.45, 2.75) is 13.5 Å². The Bertz CT molecular complexity index is 1190. The average Bonchev–Trinajstić information content (AvgIpc) is 2.78. The lowest BCUT2D eigenvalue weighted by atomic mass is 10.1. The van der Waals surface area contributed by atoms with Crippen LogP contribution < -0.4 is 14.8 Å². The Morgan fingerprint density at radius 2 is 1.83 bits per heavy atom. The molecule has 0 saturated heterocycles. The fourth-order valence-electron chi connectivity index (χ4n) is 3.17. The van der Waals surface area contributed by atoms with Crippen LogP contribution in [0.4, 0.5) is 0 Å². The number of pyridine rings is 2. The lowest BCUT2D eigenvalue weighted by Gasteiger charge is -2.12. The molecule has 0 fully saturated rings. The quantitative estimate of drug-likeness (QED) is 0.510. The van der Waals surface area contributed by atoms with E-state index < -0.39 is 0 Å². The van der Waals surface area contributed by atoms with Gasteiger partial charge in [0.15, 0.2) is 0 Å². The number of nitrogens with zero attached hydrogens (tertiary/aromatic N) is 2. The van der Waals surface area contributed by atoms with E-state index in [1.807, 2.05) is 37.3 Å². The van der Waals surface area contributed by atoms with Crippen molar-refractivity contribution in [3.63, 3.8) is 0 Å². The Morgan fingerprint density at radius 1 is 1.00 bits per heavy atom. The minimum absolute atomic E-state index is 0.172. The molecule has 0 bridgehead atoms. The molecule has 0 radical (unpaired) electrons. The summed E-state index contributed by atoms with van der Waals surface area (Å²) in [6, 6.07) is 16.5. The lowest BCUT2D eigenvalue weighted by molar-refractivity contribution is 0.0950. The Labute approximate surface area is 174 Å². The van der Waals surface area contributed by atoms with Gasteiger partial charge in [0.05, 0.1) is 12.6 Å². The number of nitrogens with one attached hydrogen (secondary N) is 1. The number of aryl methyl sites for hydroxylation is 1. The Morgan fingerprint density at radius 3 is 2.63 bits per heavy atom. The molecule has 2 heterocycles. The van der Waals surface area contributed by atoms with E-state index >= 15 is 0 Å². The molecule has 1 amide bonds. The molecule has 0 atom stereocenters. The maximum Gasteiger partial charge on any atom is 0.251 e. The monoisotopic (exact) mass is 399 g/mol. The van der Waals surface area contributed by atoms with E-state index in [9.17, 15) is 4.79 Å². The number of methoxy groups -OCH3 is 1. The first-order chi connectivity index (χ1) is 14.6. The second-order valence-electron chi connectivity index (χ2n) is 6.82. The van der Waals surface area contributed by atoms with Crippen molar-refractivity contribution in [1.82, 2.24) is 15.3 Å². The minimum Gasteiger partial charge on any atom is -0.496 e. The summed E-state index contributed by atoms with van der Waals surface area (Å²) in [5.41, 5.74) is 3.33. The van der Waals surface area contributed by atoms with E-state index in [2.05, 4.69) is 15.3 Å². The molecule has 4 rings (SSSR count). The van der Waals surface area contributed by atoms with Gasteiger partial charge in [-0.15, -0.1) is 0 Å². The number of benzene rings is 2. The first-order valence-corrected chi connectivity index (χ1v) is 9.52. The highest BCUT2D eigenvalue weighted by Gasteiger charge is 2.11. The standard InChI is InChI=1S/C24H21N3O3/c1-16-12-21-20(14-23(16)29-2)22(8-11-26-21)30-19-5-3-4-18(13-19)24(28)27-15-17-6-9-25-10-7-17/h3-14H,15H2,1-2H3,(H,27,28). The molecule has 6 nitrogen and oxygen atoms in total. The van der Waals surface area contributed by atoms with E-state index in [-0.39, 0.29) is 5.91 Å². The number of hydrogen-bond donors (Lipinski definition) is 1.